The summed E-state index contributed by atoms with van der Waals surface area (Å²) in [5.41, 5.74) is 1.17. The highest BCUT2D eigenvalue weighted by Crippen LogP contribution is 2.19. The van der Waals surface area contributed by atoms with Gasteiger partial charge in [0.25, 0.3) is 0 Å². The molecule has 1 nitrogen and oxygen atoms in total. The number of rotatable bonds is 1. The molecule has 0 unspecified atom stereocenters. The molecular weight excluding hydrogens is 272 g/mol. The maximum Gasteiger partial charge on any atom is 0.213 e. The van der Waals surface area contributed by atoms with Gasteiger partial charge in [-0.05, 0) is 43.6 Å². The molecule has 3 heteroatoms. The van der Waals surface area contributed by atoms with E-state index in [9.17, 15) is 4.79 Å². The smallest absolute Gasteiger partial charge is 0.213 e. The van der Waals surface area contributed by atoms with Crippen LogP contribution in [0.5, 0.6) is 0 Å². The fourth-order valence-electron chi connectivity index (χ4n) is 0. The molecule has 0 heterocycles. The second-order valence-corrected chi connectivity index (χ2v) is 5.66. The third kappa shape index (κ3) is 17.9. The van der Waals surface area contributed by atoms with Crippen LogP contribution in [0.2, 0.25) is 0 Å². The van der Waals surface area contributed by atoms with E-state index in [1.165, 1.54) is 5.57 Å². The van der Waals surface area contributed by atoms with Gasteiger partial charge in [-0.2, -0.15) is 0 Å². The Hall–Kier alpha value is 0.370. The number of carbonyl (C=O) groups is 1. The van der Waals surface area contributed by atoms with Gasteiger partial charge in [-0.15, -0.1) is 6.58 Å². The summed E-state index contributed by atoms with van der Waals surface area (Å²) in [5.74, 6) is 0. The van der Waals surface area contributed by atoms with Crippen molar-refractivity contribution >= 4 is 36.6 Å². The fraction of sp³-hybridized carbons (Fsp3) is 0.625. The third-order valence-electron chi connectivity index (χ3n) is 0.467. The summed E-state index contributed by atoms with van der Waals surface area (Å²) in [7, 11) is 0. The van der Waals surface area contributed by atoms with E-state index in [2.05, 4.69) is 38.4 Å². The molecule has 0 amide bonds. The molecule has 0 aromatic carbocycles. The molecule has 0 saturated carbocycles. The topological polar surface area (TPSA) is 17.1 Å². The zero-order valence-electron chi connectivity index (χ0n) is 7.37. The molecule has 0 aliphatic rings. The standard InChI is InChI=1S/C4H6Br2O.C4H8/c1-4(2,6)3(5)7;1-4(2)3/h1-2H3;1H2,2-3H3. The Morgan fingerprint density at radius 3 is 1.45 bits per heavy atom. The van der Waals surface area contributed by atoms with Crippen LogP contribution < -0.4 is 0 Å². The molecule has 11 heavy (non-hydrogen) atoms. The number of hydrogen-bond acceptors (Lipinski definition) is 1. The zero-order chi connectivity index (χ0) is 9.65. The minimum Gasteiger partial charge on any atom is -0.285 e. The Morgan fingerprint density at radius 2 is 1.45 bits per heavy atom. The molecule has 0 aromatic rings. The first-order valence-corrected chi connectivity index (χ1v) is 4.77. The van der Waals surface area contributed by atoms with Crippen LogP contribution in [-0.2, 0) is 4.79 Å². The van der Waals surface area contributed by atoms with Crippen molar-refractivity contribution in [2.75, 3.05) is 0 Å². The van der Waals surface area contributed by atoms with Crippen molar-refractivity contribution < 1.29 is 4.79 Å². The molecule has 0 saturated heterocycles. The summed E-state index contributed by atoms with van der Waals surface area (Å²) < 4.78 is -0.437. The van der Waals surface area contributed by atoms with Crippen molar-refractivity contribution in [1.82, 2.24) is 0 Å². The lowest BCUT2D eigenvalue weighted by Crippen LogP contribution is -2.17. The molecule has 0 aromatic heterocycles. The monoisotopic (exact) mass is 284 g/mol. The van der Waals surface area contributed by atoms with Crippen LogP contribution in [0, 0.1) is 0 Å². The Labute approximate surface area is 85.5 Å². The lowest BCUT2D eigenvalue weighted by atomic mass is 10.3. The van der Waals surface area contributed by atoms with Gasteiger partial charge in [0.15, 0.2) is 0 Å². The fourth-order valence-corrected chi connectivity index (χ4v) is 0. The predicted molar refractivity (Wildman–Crippen MR) is 57.4 cm³/mol. The minimum atomic E-state index is -0.410. The van der Waals surface area contributed by atoms with E-state index in [1.807, 2.05) is 13.8 Å². The van der Waals surface area contributed by atoms with Crippen LogP contribution in [0.3, 0.4) is 0 Å². The zero-order valence-corrected chi connectivity index (χ0v) is 10.5. The van der Waals surface area contributed by atoms with Crippen molar-refractivity contribution in [2.24, 2.45) is 0 Å². The second-order valence-electron chi connectivity index (χ2n) is 2.95. The van der Waals surface area contributed by atoms with Crippen molar-refractivity contribution in [2.45, 2.75) is 32.0 Å². The lowest BCUT2D eigenvalue weighted by Gasteiger charge is -2.06. The molecule has 0 aliphatic carbocycles. The Kier molecular flexibility index (Phi) is 7.53. The second kappa shape index (κ2) is 5.95. The van der Waals surface area contributed by atoms with Crippen molar-refractivity contribution in [3.05, 3.63) is 12.2 Å². The summed E-state index contributed by atoms with van der Waals surface area (Å²) in [6.07, 6.45) is 0. The Bertz CT molecular complexity index is 141. The highest BCUT2D eigenvalue weighted by Gasteiger charge is 2.19. The van der Waals surface area contributed by atoms with Crippen LogP contribution in [0.4, 0.5) is 0 Å². The maximum atomic E-state index is 10.3. The first kappa shape index (κ1) is 13.9. The summed E-state index contributed by atoms with van der Waals surface area (Å²) in [6.45, 7) is 11.1. The molecular formula is C8H14Br2O. The lowest BCUT2D eigenvalue weighted by molar-refractivity contribution is -0.111. The van der Waals surface area contributed by atoms with E-state index in [0.717, 1.165) is 0 Å². The van der Waals surface area contributed by atoms with Gasteiger partial charge in [-0.25, -0.2) is 0 Å². The summed E-state index contributed by atoms with van der Waals surface area (Å²) >= 11 is 5.96. The summed E-state index contributed by atoms with van der Waals surface area (Å²) in [4.78, 5) is 10.3. The van der Waals surface area contributed by atoms with Crippen LogP contribution in [0.1, 0.15) is 27.7 Å². The van der Waals surface area contributed by atoms with Crippen LogP contribution in [-0.4, -0.2) is 9.02 Å². The van der Waals surface area contributed by atoms with Crippen LogP contribution in [0.25, 0.3) is 0 Å². The number of hydrogen-bond donors (Lipinski definition) is 0. The predicted octanol–water partition coefficient (Wildman–Crippen LogP) is 3.66. The Morgan fingerprint density at radius 1 is 1.36 bits per heavy atom. The summed E-state index contributed by atoms with van der Waals surface area (Å²) in [5, 5.41) is 0. The van der Waals surface area contributed by atoms with Crippen molar-refractivity contribution in [1.29, 1.82) is 0 Å². The van der Waals surface area contributed by atoms with Crippen LogP contribution >= 0.6 is 31.9 Å². The average molecular weight is 286 g/mol. The highest BCUT2D eigenvalue weighted by atomic mass is 79.9. The first-order valence-electron chi connectivity index (χ1n) is 3.19. The third-order valence-corrected chi connectivity index (χ3v) is 2.35. The van der Waals surface area contributed by atoms with Gasteiger partial charge in [0.05, 0.1) is 4.32 Å². The normalized spacial score (nSPS) is 9.64. The minimum absolute atomic E-state index is 0.0278. The quantitative estimate of drug-likeness (QED) is 0.408. The Balaban J connectivity index is 0. The van der Waals surface area contributed by atoms with Gasteiger partial charge in [0, 0.05) is 0 Å². The molecule has 0 rings (SSSR count). The van der Waals surface area contributed by atoms with E-state index in [4.69, 9.17) is 0 Å². The summed E-state index contributed by atoms with van der Waals surface area (Å²) in [6, 6.07) is 0. The number of alkyl halides is 1. The van der Waals surface area contributed by atoms with Gasteiger partial charge in [-0.1, -0.05) is 21.5 Å². The SMILES string of the molecule is C=C(C)C.CC(C)(Br)C(=O)Br. The van der Waals surface area contributed by atoms with Gasteiger partial charge >= 0.3 is 0 Å². The number of carbonyl (C=O) groups excluding carboxylic acids is 1. The molecule has 0 atom stereocenters. The molecule has 66 valence electrons. The largest absolute Gasteiger partial charge is 0.285 e. The van der Waals surface area contributed by atoms with Gasteiger partial charge < -0.3 is 0 Å². The molecule has 0 fully saturated rings. The van der Waals surface area contributed by atoms with Gasteiger partial charge in [0.2, 0.25) is 4.69 Å². The molecule has 0 N–H and O–H groups in total. The molecule has 0 aliphatic heterocycles. The average Bonchev–Trinajstić information content (AvgIpc) is 1.59. The molecule has 0 radical (unpaired) electrons. The van der Waals surface area contributed by atoms with Crippen molar-refractivity contribution in [3.8, 4) is 0 Å². The highest BCUT2D eigenvalue weighted by molar-refractivity contribution is 9.20. The van der Waals surface area contributed by atoms with Gasteiger partial charge in [0.1, 0.15) is 0 Å². The maximum absolute atomic E-state index is 10.3. The van der Waals surface area contributed by atoms with E-state index in [0.29, 0.717) is 0 Å². The first-order chi connectivity index (χ1) is 4.68. The van der Waals surface area contributed by atoms with Gasteiger partial charge in [-0.3, -0.25) is 4.79 Å². The molecule has 0 bridgehead atoms. The number of allylic oxidation sites excluding steroid dienone is 1. The van der Waals surface area contributed by atoms with Crippen LogP contribution in [0.15, 0.2) is 12.2 Å². The van der Waals surface area contributed by atoms with E-state index in [-0.39, 0.29) is 4.69 Å². The number of halogens is 2. The van der Waals surface area contributed by atoms with Crippen molar-refractivity contribution in [3.63, 3.8) is 0 Å². The van der Waals surface area contributed by atoms with E-state index in [1.54, 1.807) is 13.8 Å². The molecule has 0 spiro atoms. The van der Waals surface area contributed by atoms with E-state index >= 15 is 0 Å². The van der Waals surface area contributed by atoms with E-state index < -0.39 is 4.32 Å².